The van der Waals surface area contributed by atoms with Gasteiger partial charge < -0.3 is 20.3 Å². The lowest BCUT2D eigenvalue weighted by molar-refractivity contribution is -0.146. The van der Waals surface area contributed by atoms with Crippen molar-refractivity contribution in [2.24, 2.45) is 5.92 Å². The quantitative estimate of drug-likeness (QED) is 0.363. The molecule has 2 N–H and O–H groups in total. The lowest BCUT2D eigenvalue weighted by atomic mass is 9.87. The maximum atomic E-state index is 14.4. The summed E-state index contributed by atoms with van der Waals surface area (Å²) < 4.78 is 5.49. The lowest BCUT2D eigenvalue weighted by Gasteiger charge is -2.44. The molecule has 40 heavy (non-hydrogen) atoms. The second-order valence-electron chi connectivity index (χ2n) is 12.1. The molecule has 1 aliphatic carbocycles. The molecule has 2 aromatic carbocycles. The Morgan fingerprint density at radius 1 is 1.05 bits per heavy atom. The fourth-order valence-electron chi connectivity index (χ4n) is 4.91. The SMILES string of the molecule is C#Cc1ccc(C(C(=O)Nc2c(C)cccc2C)N(C(=O)C(CC(C)C)NC(=O)OC(C)(C)C)C2CCC2)cc1. The van der Waals surface area contributed by atoms with E-state index in [0.29, 0.717) is 17.5 Å². The van der Waals surface area contributed by atoms with Crippen molar-refractivity contribution in [3.63, 3.8) is 0 Å². The molecule has 3 amide bonds. The number of terminal acetylenes is 1. The van der Waals surface area contributed by atoms with Crippen LogP contribution in [0.1, 0.15) is 88.6 Å². The van der Waals surface area contributed by atoms with Crippen LogP contribution in [0.3, 0.4) is 0 Å². The van der Waals surface area contributed by atoms with Crippen LogP contribution in [0, 0.1) is 32.1 Å². The van der Waals surface area contributed by atoms with Crippen molar-refractivity contribution < 1.29 is 19.1 Å². The number of para-hydroxylation sites is 1. The molecule has 1 fully saturated rings. The van der Waals surface area contributed by atoms with Gasteiger partial charge in [0.25, 0.3) is 5.91 Å². The van der Waals surface area contributed by atoms with Crippen LogP contribution in [0.2, 0.25) is 0 Å². The van der Waals surface area contributed by atoms with Gasteiger partial charge in [-0.15, -0.1) is 6.42 Å². The Labute approximate surface area is 239 Å². The molecular weight excluding hydrogens is 502 g/mol. The number of carbonyl (C=O) groups is 3. The number of benzene rings is 2. The number of nitrogens with zero attached hydrogens (tertiary/aromatic N) is 1. The molecule has 0 aromatic heterocycles. The zero-order valence-electron chi connectivity index (χ0n) is 24.8. The van der Waals surface area contributed by atoms with Gasteiger partial charge in [0.05, 0.1) is 0 Å². The lowest BCUT2D eigenvalue weighted by Crippen LogP contribution is -2.57. The van der Waals surface area contributed by atoms with Gasteiger partial charge in [0.1, 0.15) is 17.7 Å². The van der Waals surface area contributed by atoms with Crippen molar-refractivity contribution in [1.29, 1.82) is 0 Å². The van der Waals surface area contributed by atoms with Crippen LogP contribution < -0.4 is 10.6 Å². The van der Waals surface area contributed by atoms with Gasteiger partial charge in [-0.1, -0.05) is 50.1 Å². The van der Waals surface area contributed by atoms with Crippen molar-refractivity contribution >= 4 is 23.6 Å². The van der Waals surface area contributed by atoms with E-state index in [1.54, 1.807) is 37.8 Å². The van der Waals surface area contributed by atoms with E-state index in [2.05, 4.69) is 16.6 Å². The first kappa shape index (κ1) is 30.7. The van der Waals surface area contributed by atoms with Crippen LogP contribution >= 0.6 is 0 Å². The summed E-state index contributed by atoms with van der Waals surface area (Å²) in [5, 5.41) is 5.92. The molecule has 1 aliphatic rings. The van der Waals surface area contributed by atoms with Crippen LogP contribution in [0.5, 0.6) is 0 Å². The predicted octanol–water partition coefficient (Wildman–Crippen LogP) is 6.29. The van der Waals surface area contributed by atoms with Gasteiger partial charge >= 0.3 is 6.09 Å². The predicted molar refractivity (Wildman–Crippen MR) is 159 cm³/mol. The summed E-state index contributed by atoms with van der Waals surface area (Å²) in [4.78, 5) is 43.0. The highest BCUT2D eigenvalue weighted by Gasteiger charge is 2.42. The third kappa shape index (κ3) is 7.88. The van der Waals surface area contributed by atoms with Crippen molar-refractivity contribution in [2.45, 2.75) is 97.9 Å². The smallest absolute Gasteiger partial charge is 0.408 e. The molecule has 7 nitrogen and oxygen atoms in total. The summed E-state index contributed by atoms with van der Waals surface area (Å²) in [6, 6.07) is 11.1. The highest BCUT2D eigenvalue weighted by atomic mass is 16.6. The molecule has 214 valence electrons. The van der Waals surface area contributed by atoms with E-state index in [0.717, 1.165) is 36.1 Å². The van der Waals surface area contributed by atoms with Crippen LogP contribution in [-0.4, -0.2) is 40.5 Å². The average Bonchev–Trinajstić information content (AvgIpc) is 2.83. The Bertz CT molecular complexity index is 1230. The summed E-state index contributed by atoms with van der Waals surface area (Å²) in [6.07, 6.45) is 7.86. The second kappa shape index (κ2) is 13.0. The van der Waals surface area contributed by atoms with Gasteiger partial charge in [-0.05, 0) is 95.0 Å². The van der Waals surface area contributed by atoms with Crippen molar-refractivity contribution in [2.75, 3.05) is 5.32 Å². The van der Waals surface area contributed by atoms with Crippen molar-refractivity contribution in [3.8, 4) is 12.3 Å². The topological polar surface area (TPSA) is 87.7 Å². The molecule has 3 rings (SSSR count). The molecule has 0 spiro atoms. The highest BCUT2D eigenvalue weighted by Crippen LogP contribution is 2.35. The number of ether oxygens (including phenoxy) is 1. The highest BCUT2D eigenvalue weighted by molar-refractivity contribution is 6.00. The normalized spacial score (nSPS) is 14.9. The minimum atomic E-state index is -0.918. The summed E-state index contributed by atoms with van der Waals surface area (Å²) in [5.74, 6) is 2.11. The second-order valence-corrected chi connectivity index (χ2v) is 12.1. The van der Waals surface area contributed by atoms with Gasteiger partial charge in [-0.25, -0.2) is 4.79 Å². The third-order valence-electron chi connectivity index (χ3n) is 7.07. The molecule has 0 aliphatic heterocycles. The van der Waals surface area contributed by atoms with Gasteiger partial charge in [0, 0.05) is 17.3 Å². The number of hydrogen-bond acceptors (Lipinski definition) is 4. The number of carbonyl (C=O) groups excluding carboxylic acids is 3. The minimum Gasteiger partial charge on any atom is -0.444 e. The van der Waals surface area contributed by atoms with Gasteiger partial charge in [0.15, 0.2) is 0 Å². The van der Waals surface area contributed by atoms with E-state index in [-0.39, 0.29) is 23.8 Å². The Morgan fingerprint density at radius 2 is 1.65 bits per heavy atom. The molecule has 2 aromatic rings. The number of anilines is 1. The van der Waals surface area contributed by atoms with Crippen molar-refractivity contribution in [1.82, 2.24) is 10.2 Å². The number of amides is 3. The first-order valence-corrected chi connectivity index (χ1v) is 14.1. The van der Waals surface area contributed by atoms with Crippen LogP contribution in [0.4, 0.5) is 10.5 Å². The maximum absolute atomic E-state index is 14.4. The third-order valence-corrected chi connectivity index (χ3v) is 7.07. The zero-order chi connectivity index (χ0) is 29.6. The number of hydrogen-bond donors (Lipinski definition) is 2. The molecule has 2 unspecified atom stereocenters. The van der Waals surface area contributed by atoms with Crippen LogP contribution in [0.25, 0.3) is 0 Å². The average molecular weight is 546 g/mol. The van der Waals surface area contributed by atoms with Gasteiger partial charge in [-0.2, -0.15) is 0 Å². The fraction of sp³-hybridized carbons (Fsp3) is 0.485. The Hall–Kier alpha value is -3.79. The monoisotopic (exact) mass is 545 g/mol. The summed E-state index contributed by atoms with van der Waals surface area (Å²) in [6.45, 7) is 13.2. The Kier molecular flexibility index (Phi) is 10.0. The molecule has 0 radical (unpaired) electrons. The fourth-order valence-corrected chi connectivity index (χ4v) is 4.91. The molecule has 0 bridgehead atoms. The van der Waals surface area contributed by atoms with Gasteiger partial charge in [-0.3, -0.25) is 9.59 Å². The first-order valence-electron chi connectivity index (χ1n) is 14.1. The van der Waals surface area contributed by atoms with E-state index < -0.39 is 23.8 Å². The number of alkyl carbamates (subject to hydrolysis) is 1. The van der Waals surface area contributed by atoms with Crippen LogP contribution in [-0.2, 0) is 14.3 Å². The number of aryl methyl sites for hydroxylation is 2. The van der Waals surface area contributed by atoms with Crippen molar-refractivity contribution in [3.05, 3.63) is 64.7 Å². The summed E-state index contributed by atoms with van der Waals surface area (Å²) in [5.41, 5.74) is 3.22. The van der Waals surface area contributed by atoms with E-state index in [9.17, 15) is 14.4 Å². The summed E-state index contributed by atoms with van der Waals surface area (Å²) in [7, 11) is 0. The number of nitrogens with one attached hydrogen (secondary N) is 2. The molecule has 0 saturated heterocycles. The maximum Gasteiger partial charge on any atom is 0.408 e. The van der Waals surface area contributed by atoms with E-state index in [4.69, 9.17) is 11.2 Å². The standard InChI is InChI=1S/C33H43N3O4/c1-9-24-16-18-25(19-17-24)29(30(37)35-28-22(4)12-10-13-23(28)5)36(26-14-11-15-26)31(38)27(20-21(2)3)34-32(39)40-33(6,7)8/h1,10,12-13,16-19,21,26-27,29H,11,14-15,20H2,2-8H3,(H,34,39)(H,35,37). The molecule has 0 heterocycles. The molecule has 7 heteroatoms. The largest absolute Gasteiger partial charge is 0.444 e. The van der Waals surface area contributed by atoms with E-state index >= 15 is 0 Å². The van der Waals surface area contributed by atoms with Gasteiger partial charge in [0.2, 0.25) is 5.91 Å². The zero-order valence-corrected chi connectivity index (χ0v) is 24.8. The van der Waals surface area contributed by atoms with E-state index in [1.807, 2.05) is 58.0 Å². The molecule has 1 saturated carbocycles. The van der Waals surface area contributed by atoms with E-state index in [1.165, 1.54) is 0 Å². The minimum absolute atomic E-state index is 0.115. The number of rotatable bonds is 9. The summed E-state index contributed by atoms with van der Waals surface area (Å²) >= 11 is 0. The molecule has 2 atom stereocenters. The van der Waals surface area contributed by atoms with Crippen LogP contribution in [0.15, 0.2) is 42.5 Å². The first-order chi connectivity index (χ1) is 18.8. The Balaban J connectivity index is 2.06. The molecular formula is C33H43N3O4. The Morgan fingerprint density at radius 3 is 2.12 bits per heavy atom.